The third-order valence-corrected chi connectivity index (χ3v) is 3.71. The summed E-state index contributed by atoms with van der Waals surface area (Å²) in [5, 5.41) is 2.13. The minimum absolute atomic E-state index is 1.10. The molecule has 46 valence electrons. The van der Waals surface area contributed by atoms with Crippen molar-refractivity contribution in [2.24, 2.45) is 0 Å². The highest BCUT2D eigenvalue weighted by Crippen LogP contribution is 2.41. The molecule has 2 heteroatoms. The molecule has 0 N–H and O–H groups in total. The van der Waals surface area contributed by atoms with Gasteiger partial charge in [0.25, 0.3) is 0 Å². The number of thiophene rings is 1. The first kappa shape index (κ1) is 5.57. The fraction of sp³-hybridized carbons (Fsp3) is 0.143. The Hall–Kier alpha value is -0.210. The normalized spacial score (nSPS) is 16.2. The Labute approximate surface area is 62.6 Å². The van der Waals surface area contributed by atoms with Gasteiger partial charge in [0, 0.05) is 11.3 Å². The van der Waals surface area contributed by atoms with E-state index in [0.29, 0.717) is 0 Å². The minimum atomic E-state index is 1.10. The standard InChI is InChI=1S/C7H6S2/c1-5-4-9-7-6(5)2-3-8-7/h2-3H,1,4H2. The zero-order chi connectivity index (χ0) is 6.27. The first-order chi connectivity index (χ1) is 4.38. The van der Waals surface area contributed by atoms with Crippen molar-refractivity contribution >= 4 is 28.7 Å². The Morgan fingerprint density at radius 2 is 2.44 bits per heavy atom. The van der Waals surface area contributed by atoms with Crippen molar-refractivity contribution in [1.82, 2.24) is 0 Å². The molecule has 0 nitrogen and oxygen atoms in total. The van der Waals surface area contributed by atoms with Gasteiger partial charge in [-0.3, -0.25) is 0 Å². The van der Waals surface area contributed by atoms with Crippen LogP contribution >= 0.6 is 23.1 Å². The average molecular weight is 154 g/mol. The van der Waals surface area contributed by atoms with Crippen LogP contribution in [0.2, 0.25) is 0 Å². The zero-order valence-electron chi connectivity index (χ0n) is 4.89. The first-order valence-corrected chi connectivity index (χ1v) is 4.63. The van der Waals surface area contributed by atoms with E-state index in [2.05, 4.69) is 18.0 Å². The fourth-order valence-corrected chi connectivity index (χ4v) is 3.01. The highest BCUT2D eigenvalue weighted by atomic mass is 32.2. The van der Waals surface area contributed by atoms with Crippen molar-refractivity contribution in [2.75, 3.05) is 5.75 Å². The largest absolute Gasteiger partial charge is 0.137 e. The van der Waals surface area contributed by atoms with Crippen LogP contribution in [0.15, 0.2) is 22.2 Å². The van der Waals surface area contributed by atoms with E-state index in [4.69, 9.17) is 0 Å². The molecule has 1 aliphatic rings. The van der Waals surface area contributed by atoms with Gasteiger partial charge in [0.1, 0.15) is 0 Å². The predicted octanol–water partition coefficient (Wildman–Crippen LogP) is 2.87. The van der Waals surface area contributed by atoms with Crippen LogP contribution in [0, 0.1) is 0 Å². The van der Waals surface area contributed by atoms with Crippen molar-refractivity contribution in [1.29, 1.82) is 0 Å². The van der Waals surface area contributed by atoms with Crippen LogP contribution in [-0.2, 0) is 0 Å². The summed E-state index contributed by atoms with van der Waals surface area (Å²) in [6, 6.07) is 2.16. The summed E-state index contributed by atoms with van der Waals surface area (Å²) < 4.78 is 1.44. The molecule has 0 bridgehead atoms. The fourth-order valence-electron chi connectivity index (χ4n) is 0.900. The van der Waals surface area contributed by atoms with Gasteiger partial charge in [-0.1, -0.05) is 6.58 Å². The zero-order valence-corrected chi connectivity index (χ0v) is 6.52. The SMILES string of the molecule is C=C1CSc2sccc21. The molecule has 0 unspecified atom stereocenters. The maximum absolute atomic E-state index is 3.95. The highest BCUT2D eigenvalue weighted by Gasteiger charge is 2.14. The Morgan fingerprint density at radius 1 is 1.56 bits per heavy atom. The van der Waals surface area contributed by atoms with Crippen LogP contribution in [0.1, 0.15) is 5.56 Å². The summed E-state index contributed by atoms with van der Waals surface area (Å²) in [4.78, 5) is 0. The van der Waals surface area contributed by atoms with Crippen LogP contribution in [0.4, 0.5) is 0 Å². The molecule has 0 saturated carbocycles. The maximum Gasteiger partial charge on any atom is 0.0677 e. The van der Waals surface area contributed by atoms with Crippen LogP contribution in [0.3, 0.4) is 0 Å². The van der Waals surface area contributed by atoms with E-state index < -0.39 is 0 Å². The topological polar surface area (TPSA) is 0 Å². The van der Waals surface area contributed by atoms with E-state index in [1.807, 2.05) is 23.1 Å². The van der Waals surface area contributed by atoms with Crippen molar-refractivity contribution in [3.05, 3.63) is 23.6 Å². The monoisotopic (exact) mass is 154 g/mol. The molecular weight excluding hydrogens is 148 g/mol. The van der Waals surface area contributed by atoms with E-state index in [9.17, 15) is 0 Å². The van der Waals surface area contributed by atoms with Gasteiger partial charge in [0.2, 0.25) is 0 Å². The van der Waals surface area contributed by atoms with Gasteiger partial charge in [0.15, 0.2) is 0 Å². The molecule has 0 amide bonds. The summed E-state index contributed by atoms with van der Waals surface area (Å²) in [5.41, 5.74) is 2.67. The first-order valence-electron chi connectivity index (χ1n) is 2.76. The Morgan fingerprint density at radius 3 is 3.22 bits per heavy atom. The number of fused-ring (bicyclic) bond motifs is 1. The molecule has 0 radical (unpaired) electrons. The summed E-state index contributed by atoms with van der Waals surface area (Å²) >= 11 is 3.72. The lowest BCUT2D eigenvalue weighted by atomic mass is 10.2. The Balaban J connectivity index is 2.61. The molecule has 0 fully saturated rings. The molecular formula is C7H6S2. The molecule has 1 aliphatic heterocycles. The number of thioether (sulfide) groups is 1. The summed E-state index contributed by atoms with van der Waals surface area (Å²) in [6.07, 6.45) is 0. The lowest BCUT2D eigenvalue weighted by molar-refractivity contribution is 1.64. The molecule has 0 saturated heterocycles. The average Bonchev–Trinajstić information content (AvgIpc) is 2.35. The maximum atomic E-state index is 3.95. The van der Waals surface area contributed by atoms with Gasteiger partial charge in [-0.05, 0) is 17.0 Å². The quantitative estimate of drug-likeness (QED) is 0.553. The Kier molecular flexibility index (Phi) is 1.17. The van der Waals surface area contributed by atoms with Crippen LogP contribution in [-0.4, -0.2) is 5.75 Å². The van der Waals surface area contributed by atoms with Crippen LogP contribution in [0.5, 0.6) is 0 Å². The molecule has 0 spiro atoms. The summed E-state index contributed by atoms with van der Waals surface area (Å²) in [6.45, 7) is 3.95. The second kappa shape index (κ2) is 1.89. The van der Waals surface area contributed by atoms with E-state index in [0.717, 1.165) is 5.75 Å². The third kappa shape index (κ3) is 0.740. The second-order valence-corrected chi connectivity index (χ2v) is 4.17. The van der Waals surface area contributed by atoms with Gasteiger partial charge < -0.3 is 0 Å². The lowest BCUT2D eigenvalue weighted by Gasteiger charge is -1.85. The molecule has 1 aromatic rings. The Bertz CT molecular complexity index is 247. The lowest BCUT2D eigenvalue weighted by Crippen LogP contribution is -1.70. The van der Waals surface area contributed by atoms with Crippen LogP contribution < -0.4 is 0 Å². The summed E-state index contributed by atoms with van der Waals surface area (Å²) in [7, 11) is 0. The molecule has 0 aliphatic carbocycles. The number of hydrogen-bond donors (Lipinski definition) is 0. The van der Waals surface area contributed by atoms with Crippen molar-refractivity contribution in [2.45, 2.75) is 4.21 Å². The predicted molar refractivity (Wildman–Crippen MR) is 44.1 cm³/mol. The van der Waals surface area contributed by atoms with E-state index in [1.165, 1.54) is 15.3 Å². The van der Waals surface area contributed by atoms with Crippen LogP contribution in [0.25, 0.3) is 5.57 Å². The molecule has 2 rings (SSSR count). The molecule has 0 atom stereocenters. The number of rotatable bonds is 0. The molecule has 1 aromatic heterocycles. The van der Waals surface area contributed by atoms with E-state index >= 15 is 0 Å². The molecule has 0 aromatic carbocycles. The van der Waals surface area contributed by atoms with Gasteiger partial charge in [0.05, 0.1) is 4.21 Å². The molecule has 9 heavy (non-hydrogen) atoms. The van der Waals surface area contributed by atoms with Gasteiger partial charge >= 0.3 is 0 Å². The van der Waals surface area contributed by atoms with Gasteiger partial charge in [-0.15, -0.1) is 23.1 Å². The van der Waals surface area contributed by atoms with Crippen molar-refractivity contribution in [3.8, 4) is 0 Å². The van der Waals surface area contributed by atoms with E-state index in [-0.39, 0.29) is 0 Å². The minimum Gasteiger partial charge on any atom is -0.137 e. The van der Waals surface area contributed by atoms with Crippen molar-refractivity contribution in [3.63, 3.8) is 0 Å². The van der Waals surface area contributed by atoms with E-state index in [1.54, 1.807) is 0 Å². The second-order valence-electron chi connectivity index (χ2n) is 2.01. The smallest absolute Gasteiger partial charge is 0.0677 e. The van der Waals surface area contributed by atoms with Gasteiger partial charge in [-0.2, -0.15) is 0 Å². The number of hydrogen-bond acceptors (Lipinski definition) is 2. The highest BCUT2D eigenvalue weighted by molar-refractivity contribution is 8.02. The summed E-state index contributed by atoms with van der Waals surface area (Å²) in [5.74, 6) is 1.10. The van der Waals surface area contributed by atoms with Crippen molar-refractivity contribution < 1.29 is 0 Å². The third-order valence-electron chi connectivity index (χ3n) is 1.39. The van der Waals surface area contributed by atoms with Gasteiger partial charge in [-0.25, -0.2) is 0 Å². The molecule has 2 heterocycles.